The van der Waals surface area contributed by atoms with E-state index in [1.54, 1.807) is 54.7 Å². The molecule has 15 amide bonds. The number of thiol groups is 2. The first-order valence-corrected chi connectivity index (χ1v) is 37.4. The largest absolute Gasteiger partial charge is 0.508 e. The summed E-state index contributed by atoms with van der Waals surface area (Å²) in [7, 11) is 0. The second-order valence-electron chi connectivity index (χ2n) is 26.9. The van der Waals surface area contributed by atoms with Crippen LogP contribution < -0.4 is 85.9 Å². The lowest BCUT2D eigenvalue weighted by Crippen LogP contribution is -2.61. The number of aromatic hydroxyl groups is 1. The smallest absolute Gasteiger partial charge is 0.326 e. The fourth-order valence-corrected chi connectivity index (χ4v) is 11.7. The molecule has 26 N–H and O–H groups in total. The number of aliphatic hydroxyl groups is 2. The molecule has 0 saturated heterocycles. The summed E-state index contributed by atoms with van der Waals surface area (Å²) in [5.41, 5.74) is 13.4. The molecule has 0 unspecified atom stereocenters. The Hall–Kier alpha value is -12.4. The number of para-hydroxylation sites is 2. The lowest BCUT2D eigenvalue weighted by Gasteiger charge is -2.27. The van der Waals surface area contributed by atoms with Gasteiger partial charge in [-0.15, -0.1) is 0 Å². The highest BCUT2D eigenvalue weighted by Gasteiger charge is 2.37. The number of H-pyrrole nitrogens is 2. The summed E-state index contributed by atoms with van der Waals surface area (Å²) < 4.78 is 0. The van der Waals surface area contributed by atoms with Gasteiger partial charge in [-0.1, -0.05) is 62.4 Å². The topological polar surface area (TPSA) is 681 Å². The van der Waals surface area contributed by atoms with Gasteiger partial charge >= 0.3 is 17.9 Å². The van der Waals surface area contributed by atoms with Crippen LogP contribution in [0.5, 0.6) is 5.75 Å². The normalized spacial score (nSPS) is 14.2. The maximum Gasteiger partial charge on any atom is 0.326 e. The van der Waals surface area contributed by atoms with Gasteiger partial charge in [-0.3, -0.25) is 81.5 Å². The summed E-state index contributed by atoms with van der Waals surface area (Å²) in [5.74, 6) is -21.6. The number of aromatic amines is 2. The first kappa shape index (κ1) is 94.2. The van der Waals surface area contributed by atoms with Crippen molar-refractivity contribution in [2.45, 2.75) is 151 Å². The maximum atomic E-state index is 14.1. The van der Waals surface area contributed by atoms with Crippen LogP contribution in [0.1, 0.15) is 76.0 Å². The number of aromatic nitrogens is 2. The number of fused-ring (bicyclic) bond motifs is 2. The monoisotopic (exact) mass is 1660 g/mol. The Bertz CT molecular complexity index is 4370. The van der Waals surface area contributed by atoms with E-state index >= 15 is 0 Å². The molecule has 44 heteroatoms. The van der Waals surface area contributed by atoms with Crippen LogP contribution >= 0.6 is 25.3 Å². The van der Waals surface area contributed by atoms with Gasteiger partial charge < -0.3 is 127 Å². The number of nitrogens with one attached hydrogen (secondary N) is 16. The molecule has 0 aliphatic rings. The molecular formula is C72H96N18O24S2. The number of carboxylic acid groups (broad SMARTS) is 3. The Morgan fingerprint density at radius 1 is 0.405 bits per heavy atom. The number of aliphatic carboxylic acids is 3. The zero-order valence-electron chi connectivity index (χ0n) is 63.0. The van der Waals surface area contributed by atoms with Crippen molar-refractivity contribution in [2.24, 2.45) is 17.4 Å². The van der Waals surface area contributed by atoms with E-state index in [9.17, 15) is 117 Å². The zero-order chi connectivity index (χ0) is 86.0. The summed E-state index contributed by atoms with van der Waals surface area (Å²) in [5, 5.41) is 92.5. The molecule has 0 aliphatic carbocycles. The van der Waals surface area contributed by atoms with Gasteiger partial charge in [-0.2, -0.15) is 25.3 Å². The third kappa shape index (κ3) is 30.5. The van der Waals surface area contributed by atoms with Crippen LogP contribution in [-0.4, -0.2) is 264 Å². The van der Waals surface area contributed by atoms with Gasteiger partial charge in [0.25, 0.3) is 0 Å². The summed E-state index contributed by atoms with van der Waals surface area (Å²) in [6, 6.07) is 0.0745. The quantitative estimate of drug-likeness (QED) is 0.0161. The summed E-state index contributed by atoms with van der Waals surface area (Å²) >= 11 is 8.34. The number of nitrogens with two attached hydrogens (primary N) is 2. The lowest BCUT2D eigenvalue weighted by atomic mass is 10.0. The van der Waals surface area contributed by atoms with Crippen molar-refractivity contribution in [3.8, 4) is 5.75 Å². The Labute approximate surface area is 672 Å². The second kappa shape index (κ2) is 46.7. The Morgan fingerprint density at radius 2 is 0.802 bits per heavy atom. The van der Waals surface area contributed by atoms with E-state index in [1.165, 1.54) is 51.2 Å². The zero-order valence-corrected chi connectivity index (χ0v) is 64.8. The minimum Gasteiger partial charge on any atom is -0.508 e. The SMILES string of the molecule is CC(C)[C@H](NC(=O)CNC(=O)CNC(=O)[C@H](Cc1ccc(O)cc1)NC(=O)[C@H](CCC(=O)O)NC(=O)CNC(=O)[C@H](C)NC(=O)[C@H](Cc1c[nH]c2ccccc12)NC(=O)[C@H](CS)NC(=O)[C@@H](N)CO)C(=O)N[C@@H](CCC(=O)O)C(=O)N[C@@H](CS)C(=O)N[C@@H](Cc1c[nH]c2ccccc12)C(=O)N[C@@H](CO)C(=O)N[C@@H](CCC(N)=O)C(=O)O. The molecule has 5 aromatic rings. The van der Waals surface area contributed by atoms with E-state index in [4.69, 9.17) is 11.5 Å². The predicted octanol–water partition coefficient (Wildman–Crippen LogP) is -7.01. The van der Waals surface area contributed by atoms with Crippen molar-refractivity contribution in [1.29, 1.82) is 0 Å². The van der Waals surface area contributed by atoms with Crippen LogP contribution in [0.2, 0.25) is 0 Å². The number of carboxylic acids is 3. The highest BCUT2D eigenvalue weighted by Crippen LogP contribution is 2.22. The average molecular weight is 1660 g/mol. The third-order valence-corrected chi connectivity index (χ3v) is 18.4. The van der Waals surface area contributed by atoms with Crippen LogP contribution in [0.15, 0.2) is 85.2 Å². The highest BCUT2D eigenvalue weighted by atomic mass is 32.1. The average Bonchev–Trinajstić information content (AvgIpc) is 1.67. The molecule has 630 valence electrons. The first-order valence-electron chi connectivity index (χ1n) is 36.1. The van der Waals surface area contributed by atoms with Crippen molar-refractivity contribution in [1.82, 2.24) is 84.4 Å². The summed E-state index contributed by atoms with van der Waals surface area (Å²) in [6.45, 7) is -0.292. The molecule has 0 bridgehead atoms. The molecule has 0 aliphatic heterocycles. The molecular weight excluding hydrogens is 1570 g/mol. The van der Waals surface area contributed by atoms with E-state index in [1.807, 2.05) is 0 Å². The molecule has 42 nitrogen and oxygen atoms in total. The van der Waals surface area contributed by atoms with E-state index in [0.29, 0.717) is 38.5 Å². The van der Waals surface area contributed by atoms with Gasteiger partial charge in [-0.25, -0.2) is 4.79 Å². The minimum absolute atomic E-state index is 0.156. The molecule has 0 saturated carbocycles. The van der Waals surface area contributed by atoms with Crippen LogP contribution in [0, 0.1) is 5.92 Å². The van der Waals surface area contributed by atoms with E-state index < -0.39 is 262 Å². The third-order valence-electron chi connectivity index (χ3n) is 17.6. The number of benzene rings is 3. The fraction of sp³-hybridized carbons (Fsp3) is 0.444. The van der Waals surface area contributed by atoms with Gasteiger partial charge in [0, 0.05) is 84.2 Å². The number of amides is 15. The standard InChI is InChI=1S/C72H96N18O24S2/c1-34(2)60(71(112)82-46(18-21-59(100)101)65(106)89-53(33-116)70(111)86-50(24-38-26-76-44-11-7-5-9-41(38)44)67(108)87-51(31-92)68(109)83-47(72(113)114)16-19-54(74)94)90-57(97)28-77-55(95)27-79-63(104)48(22-36-12-14-39(93)15-13-36)84-64(105)45(17-20-58(98)99)81-56(96)29-78-61(102)35(3)80-66(107)49(23-37-25-75-43-10-6-4-8-40(37)43)85-69(110)52(32-115)88-62(103)42(73)30-91/h4-15,25-26,34-35,42,45-53,60,75-76,91-93,115-116H,16-24,27-33,73H2,1-3H3,(H2,74,94)(H,77,95)(H,78,102)(H,79,104)(H,80,107)(H,81,96)(H,82,112)(H,83,109)(H,84,105)(H,85,110)(H,86,111)(H,87,108)(H,88,103)(H,89,106)(H,90,97)(H,98,99)(H,100,101)(H,113,114)/t35-,42-,45-,46-,47-,48-,49-,50-,51-,52-,53-,60-/m0/s1. The van der Waals surface area contributed by atoms with Crippen LogP contribution in [-0.2, 0) is 106 Å². The molecule has 0 radical (unpaired) electrons. The van der Waals surface area contributed by atoms with Gasteiger partial charge in [0.2, 0.25) is 88.6 Å². The number of hydrogen-bond donors (Lipinski definition) is 26. The summed E-state index contributed by atoms with van der Waals surface area (Å²) in [4.78, 5) is 244. The molecule has 2 heterocycles. The van der Waals surface area contributed by atoms with E-state index in [-0.39, 0.29) is 30.8 Å². The number of carbonyl (C=O) groups excluding carboxylic acids is 15. The lowest BCUT2D eigenvalue weighted by molar-refractivity contribution is -0.143. The number of phenols is 1. The number of primary amides is 1. The molecule has 0 spiro atoms. The second-order valence-corrected chi connectivity index (χ2v) is 27.6. The van der Waals surface area contributed by atoms with E-state index in [0.717, 1.165) is 0 Å². The molecule has 12 atom stereocenters. The van der Waals surface area contributed by atoms with Gasteiger partial charge in [0.15, 0.2) is 0 Å². The highest BCUT2D eigenvalue weighted by molar-refractivity contribution is 7.80. The molecule has 3 aromatic carbocycles. The van der Waals surface area contributed by atoms with Gasteiger partial charge in [0.1, 0.15) is 78.3 Å². The number of rotatable bonds is 49. The number of carbonyl (C=O) groups is 18. The molecule has 2 aromatic heterocycles. The molecule has 5 rings (SSSR count). The Balaban J connectivity index is 1.21. The van der Waals surface area contributed by atoms with Crippen molar-refractivity contribution >= 4 is 154 Å². The van der Waals surface area contributed by atoms with Gasteiger partial charge in [-0.05, 0) is 73.1 Å². The van der Waals surface area contributed by atoms with E-state index in [2.05, 4.69) is 110 Å². The maximum absolute atomic E-state index is 14.1. The first-order chi connectivity index (χ1) is 54.9. The number of aliphatic hydroxyl groups excluding tert-OH is 2. The van der Waals surface area contributed by atoms with Crippen molar-refractivity contribution < 1.29 is 117 Å². The van der Waals surface area contributed by atoms with Crippen LogP contribution in [0.3, 0.4) is 0 Å². The Kier molecular flexibility index (Phi) is 37.9. The van der Waals surface area contributed by atoms with Crippen molar-refractivity contribution in [3.63, 3.8) is 0 Å². The fourth-order valence-electron chi connectivity index (χ4n) is 11.2. The number of hydrogen-bond acceptors (Lipinski definition) is 24. The van der Waals surface area contributed by atoms with Crippen LogP contribution in [0.25, 0.3) is 21.8 Å². The predicted molar refractivity (Wildman–Crippen MR) is 416 cm³/mol. The summed E-state index contributed by atoms with van der Waals surface area (Å²) in [6.07, 6.45) is -1.28. The molecule has 0 fully saturated rings. The van der Waals surface area contributed by atoms with Gasteiger partial charge in [0.05, 0.1) is 32.8 Å². The molecule has 116 heavy (non-hydrogen) atoms. The number of phenolic OH excluding ortho intramolecular Hbond substituents is 1. The minimum atomic E-state index is -1.83. The van der Waals surface area contributed by atoms with Crippen molar-refractivity contribution in [3.05, 3.63) is 102 Å². The van der Waals surface area contributed by atoms with Crippen LogP contribution in [0.4, 0.5) is 0 Å². The Morgan fingerprint density at radius 3 is 1.28 bits per heavy atom. The van der Waals surface area contributed by atoms with Crippen molar-refractivity contribution in [2.75, 3.05) is 44.4 Å².